The molecule has 0 unspecified atom stereocenters. The Morgan fingerprint density at radius 2 is 1.81 bits per heavy atom. The van der Waals surface area contributed by atoms with Crippen molar-refractivity contribution in [3.8, 4) is 5.75 Å². The van der Waals surface area contributed by atoms with Crippen molar-refractivity contribution in [2.75, 3.05) is 18.2 Å². The van der Waals surface area contributed by atoms with Crippen molar-refractivity contribution in [2.45, 2.75) is 25.7 Å². The summed E-state index contributed by atoms with van der Waals surface area (Å²) in [7, 11) is 1.53. The molecule has 5 nitrogen and oxygen atoms in total. The number of hydrogen-bond acceptors (Lipinski definition) is 5. The van der Waals surface area contributed by atoms with E-state index in [0.717, 1.165) is 11.3 Å². The van der Waals surface area contributed by atoms with Crippen LogP contribution in [0.5, 0.6) is 5.75 Å². The number of esters is 1. The number of para-hydroxylation sites is 2. The SMILES string of the molecule is COc1ccccc1NC(=O)[C@@H](C)OC(=O)CSCc1ccc(C)cc1. The lowest BCUT2D eigenvalue weighted by Gasteiger charge is -2.15. The third kappa shape index (κ3) is 6.11. The Bertz CT molecular complexity index is 746. The van der Waals surface area contributed by atoms with Gasteiger partial charge in [0.15, 0.2) is 6.10 Å². The van der Waals surface area contributed by atoms with E-state index in [1.54, 1.807) is 25.1 Å². The van der Waals surface area contributed by atoms with Gasteiger partial charge in [-0.05, 0) is 31.5 Å². The van der Waals surface area contributed by atoms with Gasteiger partial charge in [0, 0.05) is 5.75 Å². The third-order valence-corrected chi connectivity index (χ3v) is 4.63. The number of carbonyl (C=O) groups is 2. The highest BCUT2D eigenvalue weighted by atomic mass is 32.2. The van der Waals surface area contributed by atoms with Crippen molar-refractivity contribution in [2.24, 2.45) is 0 Å². The average Bonchev–Trinajstić information content (AvgIpc) is 2.63. The predicted octanol–water partition coefficient (Wildman–Crippen LogP) is 3.81. The topological polar surface area (TPSA) is 64.6 Å². The Balaban J connectivity index is 1.76. The number of aryl methyl sites for hydroxylation is 1. The van der Waals surface area contributed by atoms with Crippen molar-refractivity contribution in [3.63, 3.8) is 0 Å². The largest absolute Gasteiger partial charge is 0.495 e. The van der Waals surface area contributed by atoms with E-state index in [2.05, 4.69) is 5.32 Å². The van der Waals surface area contributed by atoms with Crippen LogP contribution >= 0.6 is 11.8 Å². The molecule has 0 aliphatic rings. The zero-order valence-electron chi connectivity index (χ0n) is 15.2. The summed E-state index contributed by atoms with van der Waals surface area (Å²) in [6, 6.07) is 15.2. The molecule has 2 aromatic carbocycles. The first kappa shape index (κ1) is 19.8. The molecule has 138 valence electrons. The number of nitrogens with one attached hydrogen (secondary N) is 1. The van der Waals surface area contributed by atoms with Gasteiger partial charge in [-0.15, -0.1) is 11.8 Å². The molecule has 1 N–H and O–H groups in total. The molecule has 0 aliphatic heterocycles. The fraction of sp³-hybridized carbons (Fsp3) is 0.300. The predicted molar refractivity (Wildman–Crippen MR) is 105 cm³/mol. The van der Waals surface area contributed by atoms with E-state index >= 15 is 0 Å². The van der Waals surface area contributed by atoms with Gasteiger partial charge in [-0.1, -0.05) is 42.0 Å². The highest BCUT2D eigenvalue weighted by molar-refractivity contribution is 7.99. The number of hydrogen-bond donors (Lipinski definition) is 1. The molecule has 6 heteroatoms. The van der Waals surface area contributed by atoms with E-state index in [0.29, 0.717) is 11.4 Å². The van der Waals surface area contributed by atoms with Crippen LogP contribution in [-0.4, -0.2) is 30.8 Å². The summed E-state index contributed by atoms with van der Waals surface area (Å²) in [5, 5.41) is 2.71. The maximum absolute atomic E-state index is 12.2. The van der Waals surface area contributed by atoms with Crippen LogP contribution in [0.15, 0.2) is 48.5 Å². The third-order valence-electron chi connectivity index (χ3n) is 3.65. The van der Waals surface area contributed by atoms with Crippen LogP contribution in [0, 0.1) is 6.92 Å². The monoisotopic (exact) mass is 373 g/mol. The van der Waals surface area contributed by atoms with Crippen LogP contribution in [-0.2, 0) is 20.1 Å². The van der Waals surface area contributed by atoms with Gasteiger partial charge in [-0.3, -0.25) is 9.59 Å². The lowest BCUT2D eigenvalue weighted by atomic mass is 10.2. The second-order valence-electron chi connectivity index (χ2n) is 5.80. The van der Waals surface area contributed by atoms with Crippen LogP contribution in [0.4, 0.5) is 5.69 Å². The molecule has 1 atom stereocenters. The van der Waals surface area contributed by atoms with Gasteiger partial charge in [0.2, 0.25) is 0 Å². The smallest absolute Gasteiger partial charge is 0.316 e. The number of methoxy groups -OCH3 is 1. The van der Waals surface area contributed by atoms with E-state index < -0.39 is 18.0 Å². The van der Waals surface area contributed by atoms with Crippen LogP contribution < -0.4 is 10.1 Å². The molecule has 2 aromatic rings. The van der Waals surface area contributed by atoms with Gasteiger partial charge in [0.05, 0.1) is 18.6 Å². The molecule has 0 bridgehead atoms. The molecule has 0 radical (unpaired) electrons. The number of thioether (sulfide) groups is 1. The lowest BCUT2D eigenvalue weighted by molar-refractivity contribution is -0.150. The number of anilines is 1. The molecule has 0 saturated carbocycles. The number of amides is 1. The summed E-state index contributed by atoms with van der Waals surface area (Å²) >= 11 is 1.46. The van der Waals surface area contributed by atoms with E-state index in [4.69, 9.17) is 9.47 Å². The van der Waals surface area contributed by atoms with Gasteiger partial charge in [-0.25, -0.2) is 0 Å². The molecule has 0 fully saturated rings. The minimum Gasteiger partial charge on any atom is -0.495 e. The lowest BCUT2D eigenvalue weighted by Crippen LogP contribution is -2.30. The van der Waals surface area contributed by atoms with E-state index in [1.807, 2.05) is 37.3 Å². The Morgan fingerprint density at radius 1 is 1.12 bits per heavy atom. The minimum absolute atomic E-state index is 0.195. The van der Waals surface area contributed by atoms with E-state index in [1.165, 1.54) is 24.4 Å². The summed E-state index contributed by atoms with van der Waals surface area (Å²) in [6.45, 7) is 3.58. The van der Waals surface area contributed by atoms with E-state index in [-0.39, 0.29) is 5.75 Å². The number of ether oxygens (including phenoxy) is 2. The van der Waals surface area contributed by atoms with Crippen LogP contribution in [0.3, 0.4) is 0 Å². The number of benzene rings is 2. The summed E-state index contributed by atoms with van der Waals surface area (Å²) < 4.78 is 10.4. The normalized spacial score (nSPS) is 11.5. The second kappa shape index (κ2) is 9.87. The van der Waals surface area contributed by atoms with Crippen molar-refractivity contribution < 1.29 is 19.1 Å². The first-order chi connectivity index (χ1) is 12.5. The van der Waals surface area contributed by atoms with Crippen LogP contribution in [0.2, 0.25) is 0 Å². The molecule has 0 saturated heterocycles. The molecular formula is C20H23NO4S. The van der Waals surface area contributed by atoms with Crippen molar-refractivity contribution in [1.82, 2.24) is 0 Å². The van der Waals surface area contributed by atoms with Gasteiger partial charge in [0.25, 0.3) is 5.91 Å². The molecule has 2 rings (SSSR count). The summed E-state index contributed by atoms with van der Waals surface area (Å²) in [5.74, 6) is 0.654. The average molecular weight is 373 g/mol. The molecular weight excluding hydrogens is 350 g/mol. The summed E-state index contributed by atoms with van der Waals surface area (Å²) in [6.07, 6.45) is -0.882. The van der Waals surface area contributed by atoms with Crippen molar-refractivity contribution in [3.05, 3.63) is 59.7 Å². The standard InChI is InChI=1S/C20H23NO4S/c1-14-8-10-16(11-9-14)12-26-13-19(22)25-15(2)20(23)21-17-6-4-5-7-18(17)24-3/h4-11,15H,12-13H2,1-3H3,(H,21,23)/t15-/m1/s1. The Kier molecular flexibility index (Phi) is 7.53. The Labute approximate surface area is 158 Å². The molecule has 0 heterocycles. The molecule has 1 amide bonds. The first-order valence-corrected chi connectivity index (χ1v) is 9.41. The maximum Gasteiger partial charge on any atom is 0.316 e. The van der Waals surface area contributed by atoms with Gasteiger partial charge in [0.1, 0.15) is 5.75 Å². The summed E-state index contributed by atoms with van der Waals surface area (Å²) in [5.41, 5.74) is 2.89. The fourth-order valence-corrected chi connectivity index (χ4v) is 2.97. The minimum atomic E-state index is -0.882. The second-order valence-corrected chi connectivity index (χ2v) is 6.79. The Morgan fingerprint density at radius 3 is 2.50 bits per heavy atom. The highest BCUT2D eigenvalue weighted by Crippen LogP contribution is 2.23. The van der Waals surface area contributed by atoms with Gasteiger partial charge in [-0.2, -0.15) is 0 Å². The number of rotatable bonds is 8. The highest BCUT2D eigenvalue weighted by Gasteiger charge is 2.19. The van der Waals surface area contributed by atoms with Crippen LogP contribution in [0.1, 0.15) is 18.1 Å². The molecule has 0 aromatic heterocycles. The van der Waals surface area contributed by atoms with E-state index in [9.17, 15) is 9.59 Å². The van der Waals surface area contributed by atoms with Gasteiger partial charge >= 0.3 is 5.97 Å². The quantitative estimate of drug-likeness (QED) is 0.713. The van der Waals surface area contributed by atoms with Crippen molar-refractivity contribution in [1.29, 1.82) is 0 Å². The summed E-state index contributed by atoms with van der Waals surface area (Å²) in [4.78, 5) is 24.1. The fourth-order valence-electron chi connectivity index (χ4n) is 2.20. The number of carbonyl (C=O) groups excluding carboxylic acids is 2. The molecule has 26 heavy (non-hydrogen) atoms. The first-order valence-electron chi connectivity index (χ1n) is 8.26. The van der Waals surface area contributed by atoms with Gasteiger partial charge < -0.3 is 14.8 Å². The van der Waals surface area contributed by atoms with Crippen molar-refractivity contribution >= 4 is 29.3 Å². The molecule has 0 spiro atoms. The zero-order valence-corrected chi connectivity index (χ0v) is 16.0. The Hall–Kier alpha value is -2.47. The maximum atomic E-state index is 12.2. The zero-order chi connectivity index (χ0) is 18.9. The van der Waals surface area contributed by atoms with Crippen LogP contribution in [0.25, 0.3) is 0 Å². The molecule has 0 aliphatic carbocycles.